The van der Waals surface area contributed by atoms with Gasteiger partial charge in [-0.05, 0) is 75.4 Å². The minimum atomic E-state index is -0.403. The monoisotopic (exact) mass is 548 g/mol. The number of nitrogens with one attached hydrogen (secondary N) is 2. The van der Waals surface area contributed by atoms with Gasteiger partial charge in [-0.3, -0.25) is 10.00 Å². The van der Waals surface area contributed by atoms with Crippen molar-refractivity contribution in [2.45, 2.75) is 65.0 Å². The van der Waals surface area contributed by atoms with Crippen LogP contribution in [0.4, 0.5) is 10.5 Å². The molecule has 1 aliphatic carbocycles. The molecule has 1 heterocycles. The van der Waals surface area contributed by atoms with Gasteiger partial charge in [0.25, 0.3) is 0 Å². The fraction of sp³-hybridized carbons (Fsp3) is 0.500. The van der Waals surface area contributed by atoms with E-state index < -0.39 is 6.09 Å². The van der Waals surface area contributed by atoms with Gasteiger partial charge in [-0.25, -0.2) is 4.79 Å². The van der Waals surface area contributed by atoms with Gasteiger partial charge >= 0.3 is 6.09 Å². The van der Waals surface area contributed by atoms with Crippen molar-refractivity contribution in [1.29, 1.82) is 0 Å². The molecule has 3 aromatic rings. The highest BCUT2D eigenvalue weighted by atomic mass is 35.5. The molecular weight excluding hydrogens is 511 g/mol. The molecule has 2 N–H and O–H groups in total. The van der Waals surface area contributed by atoms with E-state index >= 15 is 0 Å². The van der Waals surface area contributed by atoms with Gasteiger partial charge in [-0.2, -0.15) is 0 Å². The number of carbonyl (C=O) groups excluding carboxylic acids is 1. The fourth-order valence-electron chi connectivity index (χ4n) is 4.79. The number of nitrogens with zero attached hydrogens (tertiary/aromatic N) is 2. The lowest BCUT2D eigenvalue weighted by Gasteiger charge is -2.21. The van der Waals surface area contributed by atoms with Crippen LogP contribution in [0.15, 0.2) is 42.5 Å². The van der Waals surface area contributed by atoms with E-state index in [1.54, 1.807) is 4.90 Å². The Labute approximate surface area is 230 Å². The van der Waals surface area contributed by atoms with Gasteiger partial charge in [0.05, 0.1) is 43.7 Å². The molecule has 0 radical (unpaired) electrons. The van der Waals surface area contributed by atoms with Crippen LogP contribution in [0, 0.1) is 0 Å². The summed E-state index contributed by atoms with van der Waals surface area (Å²) < 4.78 is 13.7. The lowest BCUT2D eigenvalue weighted by Crippen LogP contribution is -3.11. The van der Waals surface area contributed by atoms with Gasteiger partial charge in [-0.1, -0.05) is 30.2 Å². The van der Waals surface area contributed by atoms with Gasteiger partial charge in [0.2, 0.25) is 5.88 Å². The number of halogens is 2. The van der Waals surface area contributed by atoms with Crippen LogP contribution >= 0.6 is 11.6 Å². The van der Waals surface area contributed by atoms with Gasteiger partial charge in [0.1, 0.15) is 6.10 Å². The number of quaternary nitrogens is 1. The summed E-state index contributed by atoms with van der Waals surface area (Å²) in [5.41, 5.74) is 2.71. The van der Waals surface area contributed by atoms with Crippen LogP contribution in [0.5, 0.6) is 5.88 Å². The summed E-state index contributed by atoms with van der Waals surface area (Å²) in [6, 6.07) is 13.6. The van der Waals surface area contributed by atoms with Crippen LogP contribution in [-0.4, -0.2) is 48.2 Å². The highest BCUT2D eigenvalue weighted by Gasteiger charge is 2.19. The van der Waals surface area contributed by atoms with Gasteiger partial charge in [0.15, 0.2) is 0 Å². The smallest absolute Gasteiger partial charge is 0.411 e. The van der Waals surface area contributed by atoms with Gasteiger partial charge in [0, 0.05) is 17.1 Å². The average molecular weight is 550 g/mol. The molecule has 1 aromatic heterocycles. The van der Waals surface area contributed by atoms with E-state index in [0.717, 1.165) is 68.2 Å². The summed E-state index contributed by atoms with van der Waals surface area (Å²) in [7, 11) is 0. The molecule has 9 heteroatoms. The van der Waals surface area contributed by atoms with Crippen molar-refractivity contribution >= 4 is 34.3 Å². The molecule has 0 saturated heterocycles. The zero-order chi connectivity index (χ0) is 25.3. The van der Waals surface area contributed by atoms with Crippen molar-refractivity contribution in [3.05, 3.63) is 53.1 Å². The highest BCUT2D eigenvalue weighted by Crippen LogP contribution is 2.29. The summed E-state index contributed by atoms with van der Waals surface area (Å²) in [5.74, 6) is 0.581. The molecule has 2 aromatic carbocycles. The molecule has 1 saturated carbocycles. The summed E-state index contributed by atoms with van der Waals surface area (Å²) >= 11 is 6.06. The normalized spacial score (nSPS) is 13.9. The Bertz CT molecular complexity index is 1130. The first-order valence-corrected chi connectivity index (χ1v) is 13.6. The van der Waals surface area contributed by atoms with Gasteiger partial charge < -0.3 is 26.8 Å². The molecule has 1 amide bonds. The summed E-state index contributed by atoms with van der Waals surface area (Å²) in [4.78, 5) is 14.1. The van der Waals surface area contributed by atoms with E-state index in [9.17, 15) is 4.79 Å². The number of benzene rings is 2. The minimum Gasteiger partial charge on any atom is -1.00 e. The second kappa shape index (κ2) is 14.5. The van der Waals surface area contributed by atoms with E-state index in [1.807, 2.05) is 47.1 Å². The van der Waals surface area contributed by atoms with Crippen molar-refractivity contribution in [1.82, 2.24) is 9.78 Å². The third-order valence-corrected chi connectivity index (χ3v) is 7.20. The third kappa shape index (κ3) is 8.25. The van der Waals surface area contributed by atoms with Crippen molar-refractivity contribution < 1.29 is 31.6 Å². The van der Waals surface area contributed by atoms with Crippen LogP contribution in [0.3, 0.4) is 0 Å². The number of ether oxygens (including phenoxy) is 2. The lowest BCUT2D eigenvalue weighted by molar-refractivity contribution is -0.896. The first kappa shape index (κ1) is 29.1. The molecule has 202 valence electrons. The number of carbonyl (C=O) groups is 1. The largest absolute Gasteiger partial charge is 1.00 e. The molecule has 0 aliphatic heterocycles. The SMILES string of the molecule is CC[NH+](CC)CCCOc1nn(Cc2ccc(Cl)cc2)c2ccc(NC(=O)OC3CCCCC3)cc12.[Cl-]. The first-order chi connectivity index (χ1) is 17.6. The Morgan fingerprint density at radius 1 is 1.11 bits per heavy atom. The number of amides is 1. The molecule has 0 spiro atoms. The van der Waals surface area contributed by atoms with Crippen molar-refractivity contribution in [2.75, 3.05) is 31.6 Å². The molecular formula is C28H38Cl2N4O3. The quantitative estimate of drug-likeness (QED) is 0.361. The maximum atomic E-state index is 12.5. The van der Waals surface area contributed by atoms with Crippen LogP contribution < -0.4 is 27.4 Å². The van der Waals surface area contributed by atoms with Crippen LogP contribution in [0.1, 0.15) is 57.9 Å². The molecule has 0 unspecified atom stereocenters. The Kier molecular flexibility index (Phi) is 11.4. The molecule has 37 heavy (non-hydrogen) atoms. The number of hydrogen-bond donors (Lipinski definition) is 2. The molecule has 7 nitrogen and oxygen atoms in total. The zero-order valence-electron chi connectivity index (χ0n) is 21.8. The predicted octanol–water partition coefficient (Wildman–Crippen LogP) is 2.32. The standard InChI is InChI=1S/C28H37ClN4O3.ClH/c1-3-32(4-2)17-8-18-35-27-25-19-23(30-28(34)36-24-9-6-5-7-10-24)15-16-26(25)33(31-27)20-21-11-13-22(29)14-12-21;/h11-16,19,24H,3-10,17-18,20H2,1-2H3,(H,30,34);1H. The Morgan fingerprint density at radius 2 is 1.84 bits per heavy atom. The zero-order valence-corrected chi connectivity index (χ0v) is 23.3. The van der Waals surface area contributed by atoms with E-state index in [-0.39, 0.29) is 18.5 Å². The summed E-state index contributed by atoms with van der Waals surface area (Å²) in [5, 5.41) is 9.27. The average Bonchev–Trinajstić information content (AvgIpc) is 3.22. The first-order valence-electron chi connectivity index (χ1n) is 13.2. The Hall–Kier alpha value is -2.48. The van der Waals surface area contributed by atoms with Crippen LogP contribution in [0.2, 0.25) is 5.02 Å². The number of hydrogen-bond acceptors (Lipinski definition) is 4. The van der Waals surface area contributed by atoms with E-state index in [1.165, 1.54) is 6.42 Å². The molecule has 0 bridgehead atoms. The Balaban J connectivity index is 0.00000380. The number of fused-ring (bicyclic) bond motifs is 1. The fourth-order valence-corrected chi connectivity index (χ4v) is 4.92. The van der Waals surface area contributed by atoms with Gasteiger partial charge in [-0.15, -0.1) is 5.10 Å². The van der Waals surface area contributed by atoms with Crippen molar-refractivity contribution in [2.24, 2.45) is 0 Å². The highest BCUT2D eigenvalue weighted by molar-refractivity contribution is 6.30. The van der Waals surface area contributed by atoms with Crippen molar-refractivity contribution in [3.8, 4) is 5.88 Å². The molecule has 4 rings (SSSR count). The predicted molar refractivity (Wildman–Crippen MR) is 144 cm³/mol. The molecule has 0 atom stereocenters. The number of anilines is 1. The van der Waals surface area contributed by atoms with Crippen LogP contribution in [0.25, 0.3) is 10.9 Å². The summed E-state index contributed by atoms with van der Waals surface area (Å²) in [6.45, 7) is 8.90. The summed E-state index contributed by atoms with van der Waals surface area (Å²) in [6.07, 6.45) is 5.90. The van der Waals surface area contributed by atoms with Crippen molar-refractivity contribution in [3.63, 3.8) is 0 Å². The number of rotatable bonds is 11. The lowest BCUT2D eigenvalue weighted by atomic mass is 9.98. The maximum absolute atomic E-state index is 12.5. The topological polar surface area (TPSA) is 69.8 Å². The number of aromatic nitrogens is 2. The maximum Gasteiger partial charge on any atom is 0.411 e. The Morgan fingerprint density at radius 3 is 2.54 bits per heavy atom. The van der Waals surface area contributed by atoms with E-state index in [2.05, 4.69) is 19.2 Å². The minimum absolute atomic E-state index is 0. The molecule has 1 fully saturated rings. The van der Waals surface area contributed by atoms with E-state index in [0.29, 0.717) is 29.7 Å². The molecule has 1 aliphatic rings. The van der Waals surface area contributed by atoms with Crippen LogP contribution in [-0.2, 0) is 11.3 Å². The second-order valence-corrected chi connectivity index (χ2v) is 9.96. The second-order valence-electron chi connectivity index (χ2n) is 9.52. The van der Waals surface area contributed by atoms with E-state index in [4.69, 9.17) is 26.2 Å². The third-order valence-electron chi connectivity index (χ3n) is 6.95.